The van der Waals surface area contributed by atoms with Crippen molar-refractivity contribution >= 4 is 0 Å². The zero-order chi connectivity index (χ0) is 9.23. The predicted molar refractivity (Wildman–Crippen MR) is 57.1 cm³/mol. The SMILES string of the molecule is CC[CH]CCCC(CC)CCC. The van der Waals surface area contributed by atoms with Crippen LogP contribution < -0.4 is 0 Å². The molecule has 0 N–H and O–H groups in total. The van der Waals surface area contributed by atoms with Crippen LogP contribution >= 0.6 is 0 Å². The molecule has 0 aliphatic rings. The van der Waals surface area contributed by atoms with Gasteiger partial charge in [0.15, 0.2) is 0 Å². The summed E-state index contributed by atoms with van der Waals surface area (Å²) in [4.78, 5) is 0. The standard InChI is InChI=1S/C12H25/c1-4-7-8-9-11-12(6-3)10-5-2/h7,12H,4-6,8-11H2,1-3H3. The molecule has 0 aromatic rings. The van der Waals surface area contributed by atoms with Crippen LogP contribution in [0.15, 0.2) is 0 Å². The van der Waals surface area contributed by atoms with Gasteiger partial charge in [-0.2, -0.15) is 0 Å². The first-order valence-corrected chi connectivity index (χ1v) is 5.66. The fourth-order valence-electron chi connectivity index (χ4n) is 1.72. The molecule has 0 heteroatoms. The van der Waals surface area contributed by atoms with Crippen molar-refractivity contribution in [3.05, 3.63) is 6.42 Å². The summed E-state index contributed by atoms with van der Waals surface area (Å²) in [6.45, 7) is 6.84. The minimum atomic E-state index is 1.00. The van der Waals surface area contributed by atoms with E-state index in [-0.39, 0.29) is 0 Å². The molecule has 0 aromatic carbocycles. The summed E-state index contributed by atoms with van der Waals surface area (Å²) in [7, 11) is 0. The summed E-state index contributed by atoms with van der Waals surface area (Å²) in [6.07, 6.45) is 12.0. The van der Waals surface area contributed by atoms with Gasteiger partial charge in [0.05, 0.1) is 0 Å². The largest absolute Gasteiger partial charge is 0.0654 e. The van der Waals surface area contributed by atoms with E-state index in [4.69, 9.17) is 0 Å². The van der Waals surface area contributed by atoms with Gasteiger partial charge in [-0.05, 0) is 12.3 Å². The molecule has 1 radical (unpaired) electrons. The Morgan fingerprint density at radius 2 is 1.83 bits per heavy atom. The first kappa shape index (κ1) is 12.0. The lowest BCUT2D eigenvalue weighted by molar-refractivity contribution is 0.418. The van der Waals surface area contributed by atoms with E-state index < -0.39 is 0 Å². The van der Waals surface area contributed by atoms with Crippen molar-refractivity contribution in [3.8, 4) is 0 Å². The molecule has 1 atom stereocenters. The second-order valence-electron chi connectivity index (χ2n) is 3.69. The lowest BCUT2D eigenvalue weighted by Gasteiger charge is -2.12. The molecular weight excluding hydrogens is 144 g/mol. The lowest BCUT2D eigenvalue weighted by atomic mass is 9.94. The topological polar surface area (TPSA) is 0 Å². The highest BCUT2D eigenvalue weighted by Gasteiger charge is 2.03. The summed E-state index contributed by atoms with van der Waals surface area (Å²) < 4.78 is 0. The average Bonchev–Trinajstić information content (AvgIpc) is 2.10. The van der Waals surface area contributed by atoms with Crippen LogP contribution in [0.25, 0.3) is 0 Å². The summed E-state index contributed by atoms with van der Waals surface area (Å²) in [5.74, 6) is 1.00. The van der Waals surface area contributed by atoms with Crippen molar-refractivity contribution in [2.24, 2.45) is 5.92 Å². The van der Waals surface area contributed by atoms with Gasteiger partial charge in [-0.15, -0.1) is 0 Å². The van der Waals surface area contributed by atoms with Crippen molar-refractivity contribution in [1.29, 1.82) is 0 Å². The lowest BCUT2D eigenvalue weighted by Crippen LogP contribution is -1.97. The fourth-order valence-corrected chi connectivity index (χ4v) is 1.72. The van der Waals surface area contributed by atoms with Crippen molar-refractivity contribution < 1.29 is 0 Å². The molecule has 0 aliphatic heterocycles. The number of unbranched alkanes of at least 4 members (excludes halogenated alkanes) is 3. The van der Waals surface area contributed by atoms with E-state index >= 15 is 0 Å². The predicted octanol–water partition coefficient (Wildman–Crippen LogP) is 4.60. The van der Waals surface area contributed by atoms with Crippen LogP contribution in [0, 0.1) is 12.3 Å². The van der Waals surface area contributed by atoms with Gasteiger partial charge >= 0.3 is 0 Å². The first-order valence-electron chi connectivity index (χ1n) is 5.66. The van der Waals surface area contributed by atoms with Gasteiger partial charge in [0.25, 0.3) is 0 Å². The second-order valence-corrected chi connectivity index (χ2v) is 3.69. The zero-order valence-corrected chi connectivity index (χ0v) is 9.10. The number of hydrogen-bond donors (Lipinski definition) is 0. The third-order valence-corrected chi connectivity index (χ3v) is 2.58. The normalized spacial score (nSPS) is 13.2. The molecule has 0 aromatic heterocycles. The summed E-state index contributed by atoms with van der Waals surface area (Å²) in [5.41, 5.74) is 0. The zero-order valence-electron chi connectivity index (χ0n) is 9.10. The molecule has 0 bridgehead atoms. The fraction of sp³-hybridized carbons (Fsp3) is 0.917. The minimum absolute atomic E-state index is 1.00. The van der Waals surface area contributed by atoms with Crippen LogP contribution in [-0.2, 0) is 0 Å². The Hall–Kier alpha value is 0. The smallest absolute Gasteiger partial charge is 0.0389 e. The van der Waals surface area contributed by atoms with E-state index in [2.05, 4.69) is 27.2 Å². The van der Waals surface area contributed by atoms with Gasteiger partial charge < -0.3 is 0 Å². The number of hydrogen-bond acceptors (Lipinski definition) is 0. The molecular formula is C12H25. The van der Waals surface area contributed by atoms with E-state index in [1.165, 1.54) is 44.9 Å². The van der Waals surface area contributed by atoms with Crippen molar-refractivity contribution in [1.82, 2.24) is 0 Å². The summed E-state index contributed by atoms with van der Waals surface area (Å²) in [5, 5.41) is 0. The molecule has 0 aliphatic carbocycles. The molecule has 0 amide bonds. The van der Waals surface area contributed by atoms with E-state index in [9.17, 15) is 0 Å². The average molecular weight is 169 g/mol. The monoisotopic (exact) mass is 169 g/mol. The molecule has 0 saturated carbocycles. The molecule has 1 unspecified atom stereocenters. The minimum Gasteiger partial charge on any atom is -0.0654 e. The van der Waals surface area contributed by atoms with Gasteiger partial charge in [-0.3, -0.25) is 0 Å². The molecule has 0 nitrogen and oxygen atoms in total. The number of rotatable bonds is 8. The van der Waals surface area contributed by atoms with Crippen LogP contribution in [0.5, 0.6) is 0 Å². The van der Waals surface area contributed by atoms with Crippen LogP contribution in [0.3, 0.4) is 0 Å². The van der Waals surface area contributed by atoms with Crippen molar-refractivity contribution in [2.45, 2.75) is 65.7 Å². The highest BCUT2D eigenvalue weighted by Crippen LogP contribution is 2.18. The Bertz CT molecular complexity index is 76.1. The van der Waals surface area contributed by atoms with Crippen molar-refractivity contribution in [3.63, 3.8) is 0 Å². The van der Waals surface area contributed by atoms with Crippen LogP contribution in [-0.4, -0.2) is 0 Å². The molecule has 0 fully saturated rings. The molecule has 73 valence electrons. The van der Waals surface area contributed by atoms with E-state index in [0.717, 1.165) is 5.92 Å². The molecule has 12 heavy (non-hydrogen) atoms. The molecule has 0 heterocycles. The van der Waals surface area contributed by atoms with Gasteiger partial charge in [0.2, 0.25) is 0 Å². The van der Waals surface area contributed by atoms with E-state index in [1.807, 2.05) is 0 Å². The first-order chi connectivity index (χ1) is 5.85. The van der Waals surface area contributed by atoms with Crippen LogP contribution in [0.1, 0.15) is 65.7 Å². The second kappa shape index (κ2) is 9.09. The van der Waals surface area contributed by atoms with E-state index in [1.54, 1.807) is 0 Å². The molecule has 0 rings (SSSR count). The quantitative estimate of drug-likeness (QED) is 0.466. The van der Waals surface area contributed by atoms with Gasteiger partial charge in [0.1, 0.15) is 0 Å². The molecule has 0 saturated heterocycles. The third-order valence-electron chi connectivity index (χ3n) is 2.58. The molecule has 0 spiro atoms. The van der Waals surface area contributed by atoms with Crippen molar-refractivity contribution in [2.75, 3.05) is 0 Å². The Kier molecular flexibility index (Phi) is 9.09. The van der Waals surface area contributed by atoms with Gasteiger partial charge in [-0.25, -0.2) is 0 Å². The maximum Gasteiger partial charge on any atom is -0.0389 e. The maximum atomic E-state index is 2.40. The Labute approximate surface area is 78.8 Å². The van der Waals surface area contributed by atoms with Crippen LogP contribution in [0.2, 0.25) is 0 Å². The third kappa shape index (κ3) is 6.69. The highest BCUT2D eigenvalue weighted by molar-refractivity contribution is 4.64. The van der Waals surface area contributed by atoms with E-state index in [0.29, 0.717) is 0 Å². The highest BCUT2D eigenvalue weighted by atomic mass is 14.1. The summed E-state index contributed by atoms with van der Waals surface area (Å²) >= 11 is 0. The Morgan fingerprint density at radius 3 is 2.33 bits per heavy atom. The maximum absolute atomic E-state index is 2.40. The van der Waals surface area contributed by atoms with Crippen LogP contribution in [0.4, 0.5) is 0 Å². The Morgan fingerprint density at radius 1 is 1.08 bits per heavy atom. The summed E-state index contributed by atoms with van der Waals surface area (Å²) in [6, 6.07) is 0. The van der Waals surface area contributed by atoms with Gasteiger partial charge in [-0.1, -0.05) is 65.7 Å². The Balaban J connectivity index is 3.19. The van der Waals surface area contributed by atoms with Gasteiger partial charge in [0, 0.05) is 0 Å².